The van der Waals surface area contributed by atoms with E-state index in [4.69, 9.17) is 6.42 Å². The van der Waals surface area contributed by atoms with E-state index >= 15 is 0 Å². The smallest absolute Gasteiger partial charge is 0.293 e. The number of rotatable bonds is 3. The first-order valence-corrected chi connectivity index (χ1v) is 6.00. The van der Waals surface area contributed by atoms with Crippen molar-refractivity contribution in [3.63, 3.8) is 0 Å². The molecule has 0 saturated carbocycles. The molecule has 0 spiro atoms. The molecule has 1 aliphatic rings. The highest BCUT2D eigenvalue weighted by Crippen LogP contribution is 2.33. The molecule has 0 radical (unpaired) electrons. The molecule has 102 valence electrons. The lowest BCUT2D eigenvalue weighted by Gasteiger charge is -2.16. The minimum atomic E-state index is -0.599. The average molecular weight is 272 g/mol. The molecule has 0 aliphatic carbocycles. The van der Waals surface area contributed by atoms with Crippen LogP contribution in [0.4, 0.5) is 11.4 Å². The van der Waals surface area contributed by atoms with Crippen molar-refractivity contribution in [1.82, 2.24) is 0 Å². The van der Waals surface area contributed by atoms with Gasteiger partial charge in [-0.1, -0.05) is 0 Å². The van der Waals surface area contributed by atoms with Crippen molar-refractivity contribution < 1.29 is 14.5 Å². The maximum Gasteiger partial charge on any atom is 0.293 e. The molecule has 1 fully saturated rings. The number of carbonyl (C=O) groups is 2. The number of Topliss-reactive ketones (excluding diaryl/α,β-unsaturated/α-hetero) is 1. The number of nitro benzene ring substituents is 1. The highest BCUT2D eigenvalue weighted by atomic mass is 16.6. The van der Waals surface area contributed by atoms with Gasteiger partial charge in [-0.15, -0.1) is 12.3 Å². The summed E-state index contributed by atoms with van der Waals surface area (Å²) in [6.07, 6.45) is 5.47. The van der Waals surface area contributed by atoms with E-state index in [2.05, 4.69) is 5.92 Å². The minimum absolute atomic E-state index is 0.183. The van der Waals surface area contributed by atoms with Crippen LogP contribution < -0.4 is 4.90 Å². The number of nitrogens with zero attached hydrogens (tertiary/aromatic N) is 2. The first kappa shape index (κ1) is 13.7. The van der Waals surface area contributed by atoms with E-state index in [-0.39, 0.29) is 47.5 Å². The van der Waals surface area contributed by atoms with Crippen LogP contribution in [0.5, 0.6) is 0 Å². The van der Waals surface area contributed by atoms with Gasteiger partial charge in [0.15, 0.2) is 5.78 Å². The van der Waals surface area contributed by atoms with Gasteiger partial charge < -0.3 is 4.90 Å². The van der Waals surface area contributed by atoms with E-state index in [9.17, 15) is 19.7 Å². The lowest BCUT2D eigenvalue weighted by molar-refractivity contribution is -0.384. The summed E-state index contributed by atoms with van der Waals surface area (Å²) < 4.78 is 0. The summed E-state index contributed by atoms with van der Waals surface area (Å²) in [5.74, 6) is 1.73. The Morgan fingerprint density at radius 2 is 2.25 bits per heavy atom. The zero-order chi connectivity index (χ0) is 14.9. The molecule has 1 atom stereocenters. The van der Waals surface area contributed by atoms with E-state index in [0.717, 1.165) is 0 Å². The highest BCUT2D eigenvalue weighted by Gasteiger charge is 2.33. The van der Waals surface area contributed by atoms with Gasteiger partial charge in [0, 0.05) is 30.5 Å². The molecule has 1 unspecified atom stereocenters. The van der Waals surface area contributed by atoms with Crippen molar-refractivity contribution >= 4 is 23.1 Å². The Labute approximate surface area is 115 Å². The zero-order valence-electron chi connectivity index (χ0n) is 10.8. The Morgan fingerprint density at radius 1 is 1.55 bits per heavy atom. The number of nitro groups is 1. The summed E-state index contributed by atoms with van der Waals surface area (Å²) in [4.78, 5) is 35.0. The van der Waals surface area contributed by atoms with E-state index in [1.54, 1.807) is 0 Å². The topological polar surface area (TPSA) is 80.5 Å². The van der Waals surface area contributed by atoms with Crippen molar-refractivity contribution in [1.29, 1.82) is 0 Å². The second-order valence-corrected chi connectivity index (χ2v) is 4.59. The SMILES string of the molecule is C#CC1CC(=O)N(c2ccc(C(C)=O)cc2[N+](=O)[O-])C1. The van der Waals surface area contributed by atoms with E-state index < -0.39 is 4.92 Å². The molecule has 0 aromatic heterocycles. The van der Waals surface area contributed by atoms with Crippen LogP contribution in [0, 0.1) is 28.4 Å². The predicted octanol–water partition coefficient (Wildman–Crippen LogP) is 1.78. The first-order valence-electron chi connectivity index (χ1n) is 6.00. The molecule has 1 heterocycles. The number of carbonyl (C=O) groups excluding carboxylic acids is 2. The Kier molecular flexibility index (Phi) is 3.53. The van der Waals surface area contributed by atoms with Crippen LogP contribution in [0.2, 0.25) is 0 Å². The van der Waals surface area contributed by atoms with Crippen molar-refractivity contribution in [3.8, 4) is 12.3 Å². The standard InChI is InChI=1S/C14H12N2O4/c1-3-10-6-14(18)15(8-10)12-5-4-11(9(2)17)7-13(12)16(19)20/h1,4-5,7,10H,6,8H2,2H3. The third kappa shape index (κ3) is 2.38. The van der Waals surface area contributed by atoms with Gasteiger partial charge in [0.2, 0.25) is 5.91 Å². The van der Waals surface area contributed by atoms with Crippen LogP contribution in [0.25, 0.3) is 0 Å². The van der Waals surface area contributed by atoms with Gasteiger partial charge in [0.05, 0.1) is 4.92 Å². The van der Waals surface area contributed by atoms with Crippen LogP contribution in [0.3, 0.4) is 0 Å². The van der Waals surface area contributed by atoms with Crippen molar-refractivity contribution in [3.05, 3.63) is 33.9 Å². The predicted molar refractivity (Wildman–Crippen MR) is 72.4 cm³/mol. The number of terminal acetylenes is 1. The van der Waals surface area contributed by atoms with Crippen molar-refractivity contribution in [2.45, 2.75) is 13.3 Å². The van der Waals surface area contributed by atoms with Gasteiger partial charge in [-0.3, -0.25) is 19.7 Å². The molecular weight excluding hydrogens is 260 g/mol. The average Bonchev–Trinajstić information content (AvgIpc) is 2.79. The lowest BCUT2D eigenvalue weighted by atomic mass is 10.1. The summed E-state index contributed by atoms with van der Waals surface area (Å²) in [5.41, 5.74) is 0.159. The number of amides is 1. The Balaban J connectivity index is 2.47. The molecule has 0 bridgehead atoms. The van der Waals surface area contributed by atoms with Gasteiger partial charge in [-0.25, -0.2) is 0 Å². The fourth-order valence-electron chi connectivity index (χ4n) is 2.17. The molecule has 6 nitrogen and oxygen atoms in total. The molecule has 6 heteroatoms. The van der Waals surface area contributed by atoms with Gasteiger partial charge in [0.1, 0.15) is 5.69 Å². The van der Waals surface area contributed by atoms with E-state index in [1.165, 1.54) is 30.0 Å². The highest BCUT2D eigenvalue weighted by molar-refractivity contribution is 6.00. The summed E-state index contributed by atoms with van der Waals surface area (Å²) in [5, 5.41) is 11.1. The molecular formula is C14H12N2O4. The van der Waals surface area contributed by atoms with Crippen molar-refractivity contribution in [2.24, 2.45) is 5.92 Å². The quantitative estimate of drug-likeness (QED) is 0.363. The van der Waals surface area contributed by atoms with Crippen LogP contribution >= 0.6 is 0 Å². The third-order valence-electron chi connectivity index (χ3n) is 3.23. The van der Waals surface area contributed by atoms with E-state index in [0.29, 0.717) is 0 Å². The normalized spacial score (nSPS) is 17.9. The Hall–Kier alpha value is -2.68. The second kappa shape index (κ2) is 5.13. The minimum Gasteiger partial charge on any atom is -0.305 e. The summed E-state index contributed by atoms with van der Waals surface area (Å²) in [6.45, 7) is 1.59. The van der Waals surface area contributed by atoms with Gasteiger partial charge in [-0.2, -0.15) is 0 Å². The third-order valence-corrected chi connectivity index (χ3v) is 3.23. The largest absolute Gasteiger partial charge is 0.305 e. The summed E-state index contributed by atoms with van der Waals surface area (Å²) in [7, 11) is 0. The van der Waals surface area contributed by atoms with Crippen LogP contribution in [-0.4, -0.2) is 23.2 Å². The molecule has 20 heavy (non-hydrogen) atoms. The van der Waals surface area contributed by atoms with Gasteiger partial charge >= 0.3 is 0 Å². The molecule has 1 aromatic carbocycles. The molecule has 1 aliphatic heterocycles. The fraction of sp³-hybridized carbons (Fsp3) is 0.286. The number of ketones is 1. The van der Waals surface area contributed by atoms with Gasteiger partial charge in [-0.05, 0) is 19.1 Å². The molecule has 1 aromatic rings. The van der Waals surface area contributed by atoms with E-state index in [1.807, 2.05) is 0 Å². The van der Waals surface area contributed by atoms with Crippen molar-refractivity contribution in [2.75, 3.05) is 11.4 Å². The van der Waals surface area contributed by atoms with Crippen LogP contribution in [-0.2, 0) is 4.79 Å². The Morgan fingerprint density at radius 3 is 2.75 bits per heavy atom. The number of benzene rings is 1. The fourth-order valence-corrected chi connectivity index (χ4v) is 2.17. The van der Waals surface area contributed by atoms with Gasteiger partial charge in [0.25, 0.3) is 5.69 Å². The molecule has 0 N–H and O–H groups in total. The maximum absolute atomic E-state index is 11.9. The zero-order valence-corrected chi connectivity index (χ0v) is 10.8. The number of hydrogen-bond acceptors (Lipinski definition) is 4. The summed E-state index contributed by atoms with van der Waals surface area (Å²) in [6, 6.07) is 4.08. The van der Waals surface area contributed by atoms with Crippen LogP contribution in [0.15, 0.2) is 18.2 Å². The first-order chi connectivity index (χ1) is 9.43. The second-order valence-electron chi connectivity index (χ2n) is 4.59. The molecule has 1 saturated heterocycles. The maximum atomic E-state index is 11.9. The van der Waals surface area contributed by atoms with Crippen LogP contribution in [0.1, 0.15) is 23.7 Å². The molecule has 1 amide bonds. The summed E-state index contributed by atoms with van der Waals surface area (Å²) >= 11 is 0. The number of anilines is 1. The number of hydrogen-bond donors (Lipinski definition) is 0. The monoisotopic (exact) mass is 272 g/mol. The lowest BCUT2D eigenvalue weighted by Crippen LogP contribution is -2.25. The Bertz CT molecular complexity index is 645. The molecule has 2 rings (SSSR count).